The molecule has 0 spiro atoms. The Morgan fingerprint density at radius 1 is 1.33 bits per heavy atom. The highest BCUT2D eigenvalue weighted by atomic mass is 35.5. The zero-order chi connectivity index (χ0) is 15.4. The molecular formula is C15H25ClN4S. The lowest BCUT2D eigenvalue weighted by Crippen LogP contribution is -2.13. The molecule has 0 N–H and O–H groups in total. The number of halogens is 1. The molecule has 0 aliphatic heterocycles. The van der Waals surface area contributed by atoms with Gasteiger partial charge in [-0.05, 0) is 31.3 Å². The van der Waals surface area contributed by atoms with Crippen molar-refractivity contribution in [2.24, 2.45) is 7.05 Å². The summed E-state index contributed by atoms with van der Waals surface area (Å²) in [6.07, 6.45) is 2.87. The molecule has 0 fully saturated rings. The van der Waals surface area contributed by atoms with E-state index in [-0.39, 0.29) is 0 Å². The molecule has 21 heavy (non-hydrogen) atoms. The molecule has 2 rings (SSSR count). The zero-order valence-electron chi connectivity index (χ0n) is 13.4. The van der Waals surface area contributed by atoms with E-state index in [2.05, 4.69) is 30.4 Å². The zero-order valence-corrected chi connectivity index (χ0v) is 15.0. The Morgan fingerprint density at radius 3 is 2.71 bits per heavy atom. The highest BCUT2D eigenvalue weighted by Crippen LogP contribution is 2.26. The van der Waals surface area contributed by atoms with Crippen LogP contribution < -0.4 is 0 Å². The van der Waals surface area contributed by atoms with Gasteiger partial charge in [0.2, 0.25) is 0 Å². The highest BCUT2D eigenvalue weighted by molar-refractivity contribution is 7.99. The number of aryl methyl sites for hydroxylation is 3. The molecule has 0 radical (unpaired) electrons. The van der Waals surface area contributed by atoms with Gasteiger partial charge in [0, 0.05) is 25.4 Å². The smallest absolute Gasteiger partial charge is 0.158 e. The van der Waals surface area contributed by atoms with Crippen LogP contribution in [-0.4, -0.2) is 36.7 Å². The maximum Gasteiger partial charge on any atom is 0.158 e. The molecule has 0 amide bonds. The Morgan fingerprint density at radius 2 is 2.10 bits per heavy atom. The van der Waals surface area contributed by atoms with Crippen molar-refractivity contribution in [2.75, 3.05) is 17.4 Å². The molecule has 1 atom stereocenters. The third-order valence-electron chi connectivity index (χ3n) is 3.79. The Hall–Kier alpha value is -0.680. The Bertz CT molecular complexity index is 590. The minimum Gasteiger partial charge on any atom is -0.310 e. The lowest BCUT2D eigenvalue weighted by Gasteiger charge is -2.17. The molecule has 2 aromatic heterocycles. The molecule has 0 bridgehead atoms. The average Bonchev–Trinajstić information content (AvgIpc) is 2.97. The molecular weight excluding hydrogens is 304 g/mol. The van der Waals surface area contributed by atoms with E-state index in [1.165, 1.54) is 11.5 Å². The summed E-state index contributed by atoms with van der Waals surface area (Å²) < 4.78 is 4.32. The molecule has 2 heterocycles. The summed E-state index contributed by atoms with van der Waals surface area (Å²) in [5, 5.41) is 4.60. The van der Waals surface area contributed by atoms with E-state index < -0.39 is 0 Å². The highest BCUT2D eigenvalue weighted by Gasteiger charge is 2.21. The van der Waals surface area contributed by atoms with Gasteiger partial charge in [0.1, 0.15) is 11.3 Å². The number of rotatable bonds is 8. The van der Waals surface area contributed by atoms with Gasteiger partial charge in [0.15, 0.2) is 5.65 Å². The van der Waals surface area contributed by atoms with E-state index in [1.807, 2.05) is 23.5 Å². The first kappa shape index (κ1) is 16.7. The molecule has 4 nitrogen and oxygen atoms in total. The van der Waals surface area contributed by atoms with Gasteiger partial charge in [0.25, 0.3) is 0 Å². The fraction of sp³-hybridized carbons (Fsp3) is 0.733. The van der Waals surface area contributed by atoms with Crippen molar-refractivity contribution in [2.45, 2.75) is 46.1 Å². The summed E-state index contributed by atoms with van der Waals surface area (Å²) in [5.74, 6) is 4.05. The van der Waals surface area contributed by atoms with Gasteiger partial charge in [-0.3, -0.25) is 4.68 Å². The van der Waals surface area contributed by atoms with E-state index in [9.17, 15) is 0 Å². The van der Waals surface area contributed by atoms with Crippen LogP contribution in [0.25, 0.3) is 11.2 Å². The van der Waals surface area contributed by atoms with Crippen molar-refractivity contribution in [1.29, 1.82) is 0 Å². The predicted octanol–water partition coefficient (Wildman–Crippen LogP) is 3.82. The van der Waals surface area contributed by atoms with E-state index in [4.69, 9.17) is 16.6 Å². The molecule has 118 valence electrons. The van der Waals surface area contributed by atoms with E-state index in [1.54, 1.807) is 0 Å². The molecule has 0 aromatic carbocycles. The molecule has 0 aliphatic rings. The number of thioether (sulfide) groups is 1. The van der Waals surface area contributed by atoms with E-state index in [0.29, 0.717) is 11.9 Å². The Labute approximate surface area is 136 Å². The summed E-state index contributed by atoms with van der Waals surface area (Å²) >= 11 is 7.96. The quantitative estimate of drug-likeness (QED) is 0.546. The minimum atomic E-state index is 0.423. The number of hydrogen-bond donors (Lipinski definition) is 0. The first-order chi connectivity index (χ1) is 10.1. The van der Waals surface area contributed by atoms with Crippen LogP contribution in [0.2, 0.25) is 0 Å². The van der Waals surface area contributed by atoms with Crippen LogP contribution in [-0.2, 0) is 19.9 Å². The fourth-order valence-corrected chi connectivity index (χ4v) is 3.70. The van der Waals surface area contributed by atoms with Gasteiger partial charge in [-0.25, -0.2) is 4.98 Å². The summed E-state index contributed by atoms with van der Waals surface area (Å²) in [5.41, 5.74) is 3.27. The SMILES string of the molecule is CCSCCC(C)n1c(CCCl)nc2c(CC)nn(C)c21. The maximum absolute atomic E-state index is 5.97. The Balaban J connectivity index is 2.42. The van der Waals surface area contributed by atoms with Gasteiger partial charge < -0.3 is 4.57 Å². The number of fused-ring (bicyclic) bond motifs is 1. The number of nitrogens with zero attached hydrogens (tertiary/aromatic N) is 4. The van der Waals surface area contributed by atoms with Gasteiger partial charge >= 0.3 is 0 Å². The minimum absolute atomic E-state index is 0.423. The lowest BCUT2D eigenvalue weighted by molar-refractivity contribution is 0.515. The third-order valence-corrected chi connectivity index (χ3v) is 4.91. The van der Waals surface area contributed by atoms with Crippen LogP contribution in [0.4, 0.5) is 0 Å². The fourth-order valence-electron chi connectivity index (χ4n) is 2.74. The van der Waals surface area contributed by atoms with Crippen LogP contribution in [0.15, 0.2) is 0 Å². The van der Waals surface area contributed by atoms with Gasteiger partial charge in [0.05, 0.1) is 5.69 Å². The first-order valence-electron chi connectivity index (χ1n) is 7.70. The van der Waals surface area contributed by atoms with E-state index >= 15 is 0 Å². The monoisotopic (exact) mass is 328 g/mol. The van der Waals surface area contributed by atoms with Crippen molar-refractivity contribution in [1.82, 2.24) is 19.3 Å². The lowest BCUT2D eigenvalue weighted by atomic mass is 10.2. The first-order valence-corrected chi connectivity index (χ1v) is 9.39. The number of hydrogen-bond acceptors (Lipinski definition) is 3. The summed E-state index contributed by atoms with van der Waals surface area (Å²) in [6.45, 7) is 6.61. The second-order valence-corrected chi connectivity index (χ2v) is 7.04. The topological polar surface area (TPSA) is 35.6 Å². The molecule has 0 saturated heterocycles. The summed E-state index contributed by atoms with van der Waals surface area (Å²) in [6, 6.07) is 0.423. The number of alkyl halides is 1. The molecule has 6 heteroatoms. The van der Waals surface area contributed by atoms with Crippen molar-refractivity contribution in [3.05, 3.63) is 11.5 Å². The second-order valence-electron chi connectivity index (χ2n) is 5.27. The molecule has 0 aliphatic carbocycles. The molecule has 1 unspecified atom stereocenters. The molecule has 0 saturated carbocycles. The van der Waals surface area contributed by atoms with Crippen molar-refractivity contribution >= 4 is 34.5 Å². The van der Waals surface area contributed by atoms with Crippen molar-refractivity contribution < 1.29 is 0 Å². The second kappa shape index (κ2) is 7.54. The van der Waals surface area contributed by atoms with Gasteiger partial charge in [-0.15, -0.1) is 11.6 Å². The Kier molecular flexibility index (Phi) is 5.99. The van der Waals surface area contributed by atoms with Crippen molar-refractivity contribution in [3.8, 4) is 0 Å². The standard InChI is InChI=1S/C15H25ClN4S/c1-5-12-14-15(19(4)18-12)20(13(17-14)7-9-16)11(3)8-10-21-6-2/h11H,5-10H2,1-4H3. The largest absolute Gasteiger partial charge is 0.310 e. The van der Waals surface area contributed by atoms with Gasteiger partial charge in [-0.2, -0.15) is 16.9 Å². The van der Waals surface area contributed by atoms with E-state index in [0.717, 1.165) is 41.9 Å². The number of aromatic nitrogens is 4. The maximum atomic E-state index is 5.97. The number of imidazole rings is 1. The predicted molar refractivity (Wildman–Crippen MR) is 92.6 cm³/mol. The van der Waals surface area contributed by atoms with Crippen LogP contribution in [0.3, 0.4) is 0 Å². The third kappa shape index (κ3) is 3.39. The summed E-state index contributed by atoms with van der Waals surface area (Å²) in [7, 11) is 2.01. The summed E-state index contributed by atoms with van der Waals surface area (Å²) in [4.78, 5) is 4.83. The van der Waals surface area contributed by atoms with Crippen molar-refractivity contribution in [3.63, 3.8) is 0 Å². The van der Waals surface area contributed by atoms with Gasteiger partial charge in [-0.1, -0.05) is 13.8 Å². The van der Waals surface area contributed by atoms with Crippen LogP contribution in [0, 0.1) is 0 Å². The van der Waals surface area contributed by atoms with Crippen LogP contribution in [0.1, 0.15) is 44.8 Å². The van der Waals surface area contributed by atoms with Crippen LogP contribution >= 0.6 is 23.4 Å². The average molecular weight is 329 g/mol. The molecule has 2 aromatic rings. The normalized spacial score (nSPS) is 13.2. The van der Waals surface area contributed by atoms with Crippen LogP contribution in [0.5, 0.6) is 0 Å².